The Labute approximate surface area is 117 Å². The van der Waals surface area contributed by atoms with Crippen molar-refractivity contribution < 1.29 is 4.39 Å². The molecule has 0 aliphatic carbocycles. The number of aryl methyl sites for hydroxylation is 1. The summed E-state index contributed by atoms with van der Waals surface area (Å²) < 4.78 is 15.0. The first kappa shape index (κ1) is 12.3. The molecule has 0 fully saturated rings. The summed E-state index contributed by atoms with van der Waals surface area (Å²) in [6, 6.07) is 3.85. The van der Waals surface area contributed by atoms with Crippen molar-refractivity contribution in [1.29, 1.82) is 0 Å². The van der Waals surface area contributed by atoms with Crippen molar-refractivity contribution in [3.63, 3.8) is 0 Å². The average molecular weight is 297 g/mol. The quantitative estimate of drug-likeness (QED) is 0.645. The molecule has 0 radical (unpaired) electrons. The molecule has 4 nitrogen and oxygen atoms in total. The van der Waals surface area contributed by atoms with Crippen LogP contribution in [0.1, 0.15) is 5.56 Å². The van der Waals surface area contributed by atoms with Gasteiger partial charge in [0.2, 0.25) is 0 Å². The van der Waals surface area contributed by atoms with Crippen molar-refractivity contribution in [2.24, 2.45) is 0 Å². The average Bonchev–Trinajstić information content (AvgIpc) is 2.78. The second-order valence-corrected chi connectivity index (χ2v) is 4.75. The molecule has 0 atom stereocenters. The lowest BCUT2D eigenvalue weighted by Gasteiger charge is -2.02. The van der Waals surface area contributed by atoms with Crippen LogP contribution in [0.25, 0.3) is 16.9 Å². The molecule has 0 aliphatic rings. The van der Waals surface area contributed by atoms with Gasteiger partial charge >= 0.3 is 0 Å². The number of hydrogen-bond donors (Lipinski definition) is 0. The highest BCUT2D eigenvalue weighted by Gasteiger charge is 2.15. The summed E-state index contributed by atoms with van der Waals surface area (Å²) in [7, 11) is 0. The summed E-state index contributed by atoms with van der Waals surface area (Å²) in [5, 5.41) is 3.57. The Morgan fingerprint density at radius 1 is 1.21 bits per heavy atom. The Bertz CT molecular complexity index is 761. The third kappa shape index (κ3) is 2.05. The zero-order valence-corrected chi connectivity index (χ0v) is 11.2. The summed E-state index contributed by atoms with van der Waals surface area (Å²) in [6.45, 7) is 1.96. The molecule has 3 rings (SSSR count). The molecule has 0 aromatic carbocycles. The van der Waals surface area contributed by atoms with Gasteiger partial charge in [-0.25, -0.2) is 18.9 Å². The molecular formula is C12H7Cl2FN4. The van der Waals surface area contributed by atoms with Gasteiger partial charge in [0.25, 0.3) is 0 Å². The van der Waals surface area contributed by atoms with Gasteiger partial charge in [-0.3, -0.25) is 0 Å². The summed E-state index contributed by atoms with van der Waals surface area (Å²) in [4.78, 5) is 7.79. The van der Waals surface area contributed by atoms with Crippen LogP contribution in [0, 0.1) is 12.7 Å². The maximum atomic E-state index is 13.3. The van der Waals surface area contributed by atoms with Gasteiger partial charge < -0.3 is 0 Å². The van der Waals surface area contributed by atoms with Crippen molar-refractivity contribution in [3.8, 4) is 11.4 Å². The van der Waals surface area contributed by atoms with Crippen LogP contribution < -0.4 is 0 Å². The van der Waals surface area contributed by atoms with Gasteiger partial charge in [0.05, 0.1) is 17.3 Å². The minimum atomic E-state index is -0.820. The topological polar surface area (TPSA) is 43.1 Å². The number of aromatic nitrogens is 4. The first-order valence-corrected chi connectivity index (χ1v) is 6.15. The van der Waals surface area contributed by atoms with E-state index < -0.39 is 5.82 Å². The van der Waals surface area contributed by atoms with Crippen molar-refractivity contribution >= 4 is 28.7 Å². The zero-order valence-electron chi connectivity index (χ0n) is 9.73. The Kier molecular flexibility index (Phi) is 2.88. The first-order chi connectivity index (χ1) is 9.06. The summed E-state index contributed by atoms with van der Waals surface area (Å²) in [5.74, 6) is -0.572. The fourth-order valence-electron chi connectivity index (χ4n) is 1.77. The highest BCUT2D eigenvalue weighted by atomic mass is 35.5. The lowest BCUT2D eigenvalue weighted by atomic mass is 10.2. The molecule has 3 aromatic heterocycles. The maximum Gasteiger partial charge on any atom is 0.197 e. The fraction of sp³-hybridized carbons (Fsp3) is 0.0833. The van der Waals surface area contributed by atoms with Gasteiger partial charge in [0.1, 0.15) is 0 Å². The summed E-state index contributed by atoms with van der Waals surface area (Å²) in [5.41, 5.74) is 2.51. The number of rotatable bonds is 1. The molecular weight excluding hydrogens is 290 g/mol. The number of halogens is 3. The summed E-state index contributed by atoms with van der Waals surface area (Å²) in [6.07, 6.45) is 3.41. The fourth-order valence-corrected chi connectivity index (χ4v) is 2.16. The van der Waals surface area contributed by atoms with E-state index in [0.29, 0.717) is 5.56 Å². The van der Waals surface area contributed by atoms with Crippen molar-refractivity contribution in [1.82, 2.24) is 19.6 Å². The minimum absolute atomic E-state index is 0.247. The molecule has 0 unspecified atom stereocenters. The van der Waals surface area contributed by atoms with Gasteiger partial charge in [-0.1, -0.05) is 23.2 Å². The number of hydrogen-bond acceptors (Lipinski definition) is 3. The predicted octanol–water partition coefficient (Wildman–Crippen LogP) is 3.55. The number of nitrogens with zero attached hydrogens (tertiary/aromatic N) is 4. The van der Waals surface area contributed by atoms with E-state index >= 15 is 0 Å². The van der Waals surface area contributed by atoms with E-state index in [1.54, 1.807) is 10.7 Å². The molecule has 0 aliphatic heterocycles. The van der Waals surface area contributed by atoms with Crippen LogP contribution in [-0.2, 0) is 0 Å². The molecule has 0 bridgehead atoms. The minimum Gasteiger partial charge on any atom is -0.240 e. The van der Waals surface area contributed by atoms with Crippen LogP contribution in [0.15, 0.2) is 24.5 Å². The second-order valence-electron chi connectivity index (χ2n) is 4.03. The molecule has 0 N–H and O–H groups in total. The zero-order chi connectivity index (χ0) is 13.6. The van der Waals surface area contributed by atoms with Crippen LogP contribution in [0.5, 0.6) is 0 Å². The predicted molar refractivity (Wildman–Crippen MR) is 70.9 cm³/mol. The first-order valence-electron chi connectivity index (χ1n) is 5.39. The van der Waals surface area contributed by atoms with Gasteiger partial charge in [-0.2, -0.15) is 5.10 Å². The Morgan fingerprint density at radius 3 is 2.58 bits per heavy atom. The lowest BCUT2D eigenvalue weighted by Crippen LogP contribution is -1.94. The normalized spacial score (nSPS) is 11.2. The largest absolute Gasteiger partial charge is 0.240 e. The van der Waals surface area contributed by atoms with Crippen molar-refractivity contribution in [2.45, 2.75) is 6.92 Å². The molecule has 3 heterocycles. The van der Waals surface area contributed by atoms with Gasteiger partial charge in [0.15, 0.2) is 21.9 Å². The van der Waals surface area contributed by atoms with Crippen molar-refractivity contribution in [3.05, 3.63) is 46.2 Å². The van der Waals surface area contributed by atoms with Crippen LogP contribution in [0.3, 0.4) is 0 Å². The van der Waals surface area contributed by atoms with E-state index in [-0.39, 0.29) is 16.1 Å². The van der Waals surface area contributed by atoms with Gasteiger partial charge in [-0.15, -0.1) is 0 Å². The van der Waals surface area contributed by atoms with E-state index in [0.717, 1.165) is 11.1 Å². The maximum absolute atomic E-state index is 13.3. The molecule has 3 aromatic rings. The van der Waals surface area contributed by atoms with Gasteiger partial charge in [-0.05, 0) is 24.6 Å². The number of fused-ring (bicyclic) bond motifs is 1. The standard InChI is InChI=1S/C12H7Cl2FN4/c1-6-2-3-19-8(4-6)7(5-16-19)12-17-10(13)9(15)11(14)18-12/h2-5H,1H3. The van der Waals surface area contributed by atoms with E-state index in [2.05, 4.69) is 15.1 Å². The highest BCUT2D eigenvalue weighted by Crippen LogP contribution is 2.27. The van der Waals surface area contributed by atoms with Crippen LogP contribution in [0.4, 0.5) is 4.39 Å². The smallest absolute Gasteiger partial charge is 0.197 e. The molecule has 0 spiro atoms. The third-order valence-corrected chi connectivity index (χ3v) is 3.19. The van der Waals surface area contributed by atoms with E-state index in [9.17, 15) is 4.39 Å². The van der Waals surface area contributed by atoms with Crippen LogP contribution in [-0.4, -0.2) is 19.6 Å². The third-order valence-electron chi connectivity index (χ3n) is 2.69. The SMILES string of the molecule is Cc1ccn2ncc(-c3nc(Cl)c(F)c(Cl)n3)c2c1. The molecule has 19 heavy (non-hydrogen) atoms. The van der Waals surface area contributed by atoms with Crippen LogP contribution in [0.2, 0.25) is 10.3 Å². The Balaban J connectivity index is 2.27. The molecule has 0 saturated heterocycles. The van der Waals surface area contributed by atoms with E-state index in [1.165, 1.54) is 0 Å². The van der Waals surface area contributed by atoms with Crippen molar-refractivity contribution in [2.75, 3.05) is 0 Å². The highest BCUT2D eigenvalue weighted by molar-refractivity contribution is 6.33. The number of pyridine rings is 1. The summed E-state index contributed by atoms with van der Waals surface area (Å²) >= 11 is 11.4. The molecule has 0 amide bonds. The Morgan fingerprint density at radius 2 is 1.89 bits per heavy atom. The van der Waals surface area contributed by atoms with Crippen LogP contribution >= 0.6 is 23.2 Å². The monoisotopic (exact) mass is 296 g/mol. The van der Waals surface area contributed by atoms with Gasteiger partial charge in [0, 0.05) is 6.20 Å². The molecule has 7 heteroatoms. The van der Waals surface area contributed by atoms with E-state index in [4.69, 9.17) is 23.2 Å². The molecule has 0 saturated carbocycles. The molecule has 96 valence electrons. The lowest BCUT2D eigenvalue weighted by molar-refractivity contribution is 0.615. The van der Waals surface area contributed by atoms with E-state index in [1.807, 2.05) is 25.3 Å². The Hall–Kier alpha value is -1.72. The second kappa shape index (κ2) is 4.43.